The van der Waals surface area contributed by atoms with Crippen LogP contribution in [-0.4, -0.2) is 9.97 Å². The summed E-state index contributed by atoms with van der Waals surface area (Å²) in [7, 11) is 0. The molecule has 0 saturated heterocycles. The fourth-order valence-corrected chi connectivity index (χ4v) is 0.310. The van der Waals surface area contributed by atoms with Gasteiger partial charge < -0.3 is 4.98 Å². The molecule has 3 nitrogen and oxygen atoms in total. The molecule has 1 heterocycles. The zero-order chi connectivity index (χ0) is 5.11. The van der Waals surface area contributed by atoms with Gasteiger partial charge in [0.1, 0.15) is 0 Å². The number of rotatable bonds is 0. The first kappa shape index (κ1) is 7.17. The van der Waals surface area contributed by atoms with Crippen LogP contribution in [0.2, 0.25) is 0 Å². The number of halogens is 1. The molecule has 0 saturated carbocycles. The molecule has 44 valence electrons. The van der Waals surface area contributed by atoms with E-state index in [2.05, 4.69) is 9.97 Å². The third kappa shape index (κ3) is 1.75. The van der Waals surface area contributed by atoms with Gasteiger partial charge in [0.2, 0.25) is 0 Å². The predicted octanol–water partition coefficient (Wildman–Crippen LogP) is 0.192. The third-order valence-electron chi connectivity index (χ3n) is 0.581. The number of H-pyrrole nitrogens is 1. The van der Waals surface area contributed by atoms with Crippen LogP contribution in [0.4, 0.5) is 0 Å². The van der Waals surface area contributed by atoms with Crippen molar-refractivity contribution in [2.75, 3.05) is 0 Å². The monoisotopic (exact) mass is 134 g/mol. The van der Waals surface area contributed by atoms with Crippen molar-refractivity contribution in [1.29, 1.82) is 0 Å². The summed E-state index contributed by atoms with van der Waals surface area (Å²) in [4.78, 5) is 15.8. The van der Waals surface area contributed by atoms with Gasteiger partial charge in [-0.25, -0.2) is 9.78 Å². The molecular weight excluding hydrogens is 130 g/mol. The van der Waals surface area contributed by atoms with Crippen molar-refractivity contribution in [3.8, 4) is 0 Å². The maximum atomic E-state index is 10.1. The smallest absolute Gasteiger partial charge is 0.313 e. The second-order valence-corrected chi connectivity index (χ2v) is 1.09. The van der Waals surface area contributed by atoms with E-state index in [1.807, 2.05) is 0 Å². The lowest BCUT2D eigenvalue weighted by Gasteiger charge is -1.72. The molecule has 0 fully saturated rings. The van der Waals surface area contributed by atoms with Crippen molar-refractivity contribution in [1.82, 2.24) is 9.97 Å². The lowest BCUT2D eigenvalue weighted by atomic mass is 10.7. The fraction of sp³-hybridized carbons (Fsp3) is 0. The van der Waals surface area contributed by atoms with E-state index in [4.69, 9.17) is 0 Å². The Labute approximate surface area is 52.2 Å². The lowest BCUT2D eigenvalue weighted by Crippen LogP contribution is -2.05. The van der Waals surface area contributed by atoms with Crippen LogP contribution in [0.15, 0.2) is 23.3 Å². The van der Waals surface area contributed by atoms with Crippen molar-refractivity contribution in [2.45, 2.75) is 0 Å². The summed E-state index contributed by atoms with van der Waals surface area (Å²) in [5.41, 5.74) is -0.303. The van der Waals surface area contributed by atoms with Crippen molar-refractivity contribution in [3.63, 3.8) is 0 Å². The Hall–Kier alpha value is -0.830. The van der Waals surface area contributed by atoms with Crippen LogP contribution in [0.1, 0.15) is 0 Å². The van der Waals surface area contributed by atoms with Gasteiger partial charge in [-0.2, -0.15) is 0 Å². The van der Waals surface area contributed by atoms with Crippen molar-refractivity contribution >= 4 is 12.4 Å². The van der Waals surface area contributed by atoms with Crippen LogP contribution in [0, 0.1) is 0 Å². The summed E-state index contributed by atoms with van der Waals surface area (Å²) in [6, 6.07) is 1.65. The fourth-order valence-electron chi connectivity index (χ4n) is 0.310. The minimum absolute atomic E-state index is 0. The molecular formula is C4H5ClN2O. The topological polar surface area (TPSA) is 45.8 Å². The normalized spacial score (nSPS) is 7.50. The van der Waals surface area contributed by atoms with Gasteiger partial charge in [-0.1, -0.05) is 0 Å². The molecule has 0 radical (unpaired) electrons. The Morgan fingerprint density at radius 1 is 1.62 bits per heavy atom. The highest BCUT2D eigenvalue weighted by Crippen LogP contribution is 1.60. The largest absolute Gasteiger partial charge is 0.344 e. The first-order chi connectivity index (χ1) is 3.39. The molecule has 4 heteroatoms. The summed E-state index contributed by atoms with van der Waals surface area (Å²) < 4.78 is 0. The number of hydrogen-bond acceptors (Lipinski definition) is 2. The van der Waals surface area contributed by atoms with Gasteiger partial charge in [-0.05, 0) is 6.07 Å². The summed E-state index contributed by atoms with van der Waals surface area (Å²) in [6.07, 6.45) is 2.98. The van der Waals surface area contributed by atoms with Crippen LogP contribution >= 0.6 is 12.4 Å². The van der Waals surface area contributed by atoms with E-state index in [-0.39, 0.29) is 18.1 Å². The van der Waals surface area contributed by atoms with Gasteiger partial charge in [0.05, 0.1) is 0 Å². The first-order valence-corrected chi connectivity index (χ1v) is 1.89. The van der Waals surface area contributed by atoms with Crippen molar-refractivity contribution < 1.29 is 0 Å². The molecule has 8 heavy (non-hydrogen) atoms. The highest BCUT2D eigenvalue weighted by atomic mass is 35.5. The molecule has 0 spiro atoms. The van der Waals surface area contributed by atoms with E-state index in [9.17, 15) is 4.79 Å². The van der Waals surface area contributed by atoms with E-state index in [1.165, 1.54) is 12.4 Å². The Morgan fingerprint density at radius 2 is 2.38 bits per heavy atom. The molecule has 1 aromatic rings. The Bertz CT molecular complexity index is 180. The number of hydrogen-bond donors (Lipinski definition) is 1. The number of aromatic nitrogens is 2. The van der Waals surface area contributed by atoms with Gasteiger partial charge in [-0.15, -0.1) is 12.4 Å². The maximum Gasteiger partial charge on any atom is 0.344 e. The highest BCUT2D eigenvalue weighted by molar-refractivity contribution is 5.85. The molecule has 0 aliphatic heterocycles. The summed E-state index contributed by atoms with van der Waals surface area (Å²) in [6.45, 7) is 0. The van der Waals surface area contributed by atoms with E-state index >= 15 is 0 Å². The molecule has 1 aromatic heterocycles. The van der Waals surface area contributed by atoms with Gasteiger partial charge in [0.15, 0.2) is 0 Å². The van der Waals surface area contributed by atoms with Crippen LogP contribution in [0.5, 0.6) is 0 Å². The molecule has 0 aliphatic rings. The highest BCUT2D eigenvalue weighted by Gasteiger charge is 1.70. The zero-order valence-corrected chi connectivity index (χ0v) is 4.81. The molecule has 0 atom stereocenters. The molecule has 0 aromatic carbocycles. The average Bonchev–Trinajstić information content (AvgIpc) is 1.69. The zero-order valence-electron chi connectivity index (χ0n) is 4.00. The van der Waals surface area contributed by atoms with E-state index < -0.39 is 0 Å². The standard InChI is InChI=1S/C4H4N2O.ClH/c7-4-5-2-1-3-6-4;/h1-3H,(H,5,6,7);1H/i4+2;. The van der Waals surface area contributed by atoms with Gasteiger partial charge in [0, 0.05) is 12.4 Å². The first-order valence-electron chi connectivity index (χ1n) is 1.89. The number of nitrogens with one attached hydrogen (secondary N) is 1. The molecule has 0 amide bonds. The van der Waals surface area contributed by atoms with Crippen LogP contribution in [0.3, 0.4) is 0 Å². The Kier molecular flexibility index (Phi) is 2.88. The van der Waals surface area contributed by atoms with Crippen LogP contribution in [-0.2, 0) is 0 Å². The summed E-state index contributed by atoms with van der Waals surface area (Å²) in [5, 5.41) is 0. The van der Waals surface area contributed by atoms with E-state index in [0.717, 1.165) is 0 Å². The molecule has 1 N–H and O–H groups in total. The van der Waals surface area contributed by atoms with E-state index in [0.29, 0.717) is 0 Å². The van der Waals surface area contributed by atoms with Crippen LogP contribution < -0.4 is 5.69 Å². The predicted molar refractivity (Wildman–Crippen MR) is 32.1 cm³/mol. The van der Waals surface area contributed by atoms with E-state index in [1.54, 1.807) is 6.07 Å². The Balaban J connectivity index is 0.000000490. The van der Waals surface area contributed by atoms with Crippen LogP contribution in [0.25, 0.3) is 0 Å². The third-order valence-corrected chi connectivity index (χ3v) is 0.581. The lowest BCUT2D eigenvalue weighted by molar-refractivity contribution is 1.08. The number of aromatic amines is 1. The minimum Gasteiger partial charge on any atom is -0.313 e. The SMILES string of the molecule is Cl.O=[14c]1nccc[nH]1. The average molecular weight is 135 g/mol. The molecule has 1 rings (SSSR count). The second kappa shape index (κ2) is 3.21. The summed E-state index contributed by atoms with van der Waals surface area (Å²) in [5.74, 6) is 0. The van der Waals surface area contributed by atoms with Crippen molar-refractivity contribution in [2.24, 2.45) is 0 Å². The van der Waals surface area contributed by atoms with Gasteiger partial charge in [-0.3, -0.25) is 0 Å². The summed E-state index contributed by atoms with van der Waals surface area (Å²) >= 11 is 0. The van der Waals surface area contributed by atoms with Crippen molar-refractivity contribution in [3.05, 3.63) is 28.9 Å². The maximum absolute atomic E-state index is 10.1. The molecule has 0 bridgehead atoms. The van der Waals surface area contributed by atoms with Gasteiger partial charge in [0.25, 0.3) is 0 Å². The Morgan fingerprint density at radius 3 is 2.62 bits per heavy atom. The van der Waals surface area contributed by atoms with Gasteiger partial charge >= 0.3 is 5.69 Å². The minimum atomic E-state index is -0.303. The second-order valence-electron chi connectivity index (χ2n) is 1.09. The molecule has 0 aliphatic carbocycles. The quantitative estimate of drug-likeness (QED) is 0.551. The molecule has 0 unspecified atom stereocenters. The number of nitrogens with zero attached hydrogens (tertiary/aromatic N) is 1.